The molecule has 0 saturated heterocycles. The maximum atomic E-state index is 13.1. The van der Waals surface area contributed by atoms with E-state index in [4.69, 9.17) is 4.74 Å². The molecule has 1 atom stereocenters. The lowest BCUT2D eigenvalue weighted by molar-refractivity contribution is -0.117. The van der Waals surface area contributed by atoms with Crippen LogP contribution in [0.25, 0.3) is 11.4 Å². The van der Waals surface area contributed by atoms with E-state index in [-0.39, 0.29) is 11.2 Å². The van der Waals surface area contributed by atoms with Crippen molar-refractivity contribution in [3.63, 3.8) is 0 Å². The molecule has 0 spiro atoms. The molecule has 3 aromatic rings. The smallest absolute Gasteiger partial charge is 0.240 e. The van der Waals surface area contributed by atoms with Gasteiger partial charge in [-0.1, -0.05) is 30.0 Å². The summed E-state index contributed by atoms with van der Waals surface area (Å²) in [4.78, 5) is 19.1. The summed E-state index contributed by atoms with van der Waals surface area (Å²) in [7, 11) is 1.67. The van der Waals surface area contributed by atoms with E-state index < -0.39 is 0 Å². The minimum Gasteiger partial charge on any atom is -0.383 e. The average molecular weight is 410 g/mol. The van der Waals surface area contributed by atoms with Gasteiger partial charge in [0.15, 0.2) is 11.0 Å². The number of benzene rings is 1. The molecule has 0 saturated carbocycles. The lowest BCUT2D eigenvalue weighted by Gasteiger charge is -2.21. The molecule has 0 bridgehead atoms. The van der Waals surface area contributed by atoms with Crippen LogP contribution in [0.5, 0.6) is 0 Å². The number of rotatable bonds is 7. The number of carbonyl (C=O) groups excluding carboxylic acids is 1. The monoisotopic (exact) mass is 409 g/mol. The molecule has 1 amide bonds. The molecule has 8 heteroatoms. The van der Waals surface area contributed by atoms with E-state index in [1.165, 1.54) is 17.3 Å². The first kappa shape index (κ1) is 19.6. The number of thioether (sulfide) groups is 1. The number of fused-ring (bicyclic) bond motifs is 1. The summed E-state index contributed by atoms with van der Waals surface area (Å²) in [5.41, 5.74) is 3.17. The zero-order chi connectivity index (χ0) is 20.2. The maximum absolute atomic E-state index is 13.1. The van der Waals surface area contributed by atoms with Crippen molar-refractivity contribution in [1.29, 1.82) is 0 Å². The molecular formula is C21H23N5O2S. The van der Waals surface area contributed by atoms with E-state index in [0.717, 1.165) is 30.0 Å². The van der Waals surface area contributed by atoms with Gasteiger partial charge in [-0.05, 0) is 37.1 Å². The Hall–Kier alpha value is -2.71. The van der Waals surface area contributed by atoms with Gasteiger partial charge in [-0.2, -0.15) is 0 Å². The zero-order valence-electron chi connectivity index (χ0n) is 16.5. The van der Waals surface area contributed by atoms with E-state index in [1.54, 1.807) is 19.5 Å². The molecule has 4 rings (SSSR count). The van der Waals surface area contributed by atoms with Gasteiger partial charge >= 0.3 is 0 Å². The van der Waals surface area contributed by atoms with E-state index in [0.29, 0.717) is 18.3 Å². The van der Waals surface area contributed by atoms with Crippen molar-refractivity contribution in [2.24, 2.45) is 0 Å². The van der Waals surface area contributed by atoms with Crippen molar-refractivity contribution in [3.05, 3.63) is 54.4 Å². The molecule has 0 aliphatic carbocycles. The number of hydrogen-bond acceptors (Lipinski definition) is 6. The third-order valence-corrected chi connectivity index (χ3v) is 6.03. The van der Waals surface area contributed by atoms with Gasteiger partial charge in [-0.3, -0.25) is 14.3 Å². The van der Waals surface area contributed by atoms with Crippen LogP contribution in [0.3, 0.4) is 0 Å². The lowest BCUT2D eigenvalue weighted by atomic mass is 10.2. The Labute approximate surface area is 174 Å². The van der Waals surface area contributed by atoms with Crippen molar-refractivity contribution in [3.8, 4) is 11.4 Å². The van der Waals surface area contributed by atoms with Crippen LogP contribution in [0, 0.1) is 0 Å². The molecule has 1 aromatic carbocycles. The molecule has 1 aliphatic heterocycles. The standard InChI is InChI=1S/C21H23N5O2S/c1-15(20(27)25-12-9-16-5-3-4-6-18(16)25)29-21-24-23-19(26(21)13-14-28-2)17-7-10-22-11-8-17/h3-8,10-11,15H,9,12-14H2,1-2H3. The van der Waals surface area contributed by atoms with Crippen LogP contribution in [0.15, 0.2) is 53.9 Å². The summed E-state index contributed by atoms with van der Waals surface area (Å²) in [6.45, 7) is 3.79. The van der Waals surface area contributed by atoms with Gasteiger partial charge < -0.3 is 9.64 Å². The molecule has 150 valence electrons. The number of anilines is 1. The first-order valence-corrected chi connectivity index (χ1v) is 10.5. The van der Waals surface area contributed by atoms with Gasteiger partial charge in [-0.25, -0.2) is 0 Å². The Balaban J connectivity index is 1.56. The average Bonchev–Trinajstić information content (AvgIpc) is 3.36. The number of carbonyl (C=O) groups is 1. The second kappa shape index (κ2) is 8.75. The van der Waals surface area contributed by atoms with Crippen LogP contribution in [-0.4, -0.2) is 51.2 Å². The molecule has 7 nitrogen and oxygen atoms in total. The minimum absolute atomic E-state index is 0.0895. The number of amides is 1. The minimum atomic E-state index is -0.281. The number of hydrogen-bond donors (Lipinski definition) is 0. The van der Waals surface area contributed by atoms with Crippen LogP contribution in [-0.2, 0) is 22.5 Å². The highest BCUT2D eigenvalue weighted by Crippen LogP contribution is 2.32. The van der Waals surface area contributed by atoms with Crippen molar-refractivity contribution < 1.29 is 9.53 Å². The van der Waals surface area contributed by atoms with Gasteiger partial charge in [-0.15, -0.1) is 10.2 Å². The van der Waals surface area contributed by atoms with Crippen LogP contribution < -0.4 is 4.90 Å². The number of nitrogens with zero attached hydrogens (tertiary/aromatic N) is 5. The van der Waals surface area contributed by atoms with E-state index in [9.17, 15) is 4.79 Å². The fourth-order valence-corrected chi connectivity index (χ4v) is 4.41. The van der Waals surface area contributed by atoms with E-state index >= 15 is 0 Å². The van der Waals surface area contributed by atoms with E-state index in [2.05, 4.69) is 21.2 Å². The number of ether oxygens (including phenoxy) is 1. The topological polar surface area (TPSA) is 73.1 Å². The molecular weight excluding hydrogens is 386 g/mol. The fourth-order valence-electron chi connectivity index (χ4n) is 3.47. The third-order valence-electron chi connectivity index (χ3n) is 4.96. The van der Waals surface area contributed by atoms with Gasteiger partial charge in [0.05, 0.1) is 18.4 Å². The predicted molar refractivity (Wildman–Crippen MR) is 113 cm³/mol. The van der Waals surface area contributed by atoms with Crippen molar-refractivity contribution >= 4 is 23.4 Å². The van der Waals surface area contributed by atoms with Crippen LogP contribution in [0.2, 0.25) is 0 Å². The molecule has 29 heavy (non-hydrogen) atoms. The van der Waals surface area contributed by atoms with Crippen molar-refractivity contribution in [2.75, 3.05) is 25.2 Å². The molecule has 0 N–H and O–H groups in total. The molecule has 1 unspecified atom stereocenters. The summed E-state index contributed by atoms with van der Waals surface area (Å²) in [6, 6.07) is 11.9. The summed E-state index contributed by atoms with van der Waals surface area (Å²) in [5.74, 6) is 0.838. The van der Waals surface area contributed by atoms with Gasteiger partial charge in [0, 0.05) is 37.3 Å². The molecule has 1 aliphatic rings. The number of methoxy groups -OCH3 is 1. The summed E-state index contributed by atoms with van der Waals surface area (Å²) >= 11 is 1.43. The Kier molecular flexibility index (Phi) is 5.92. The lowest BCUT2D eigenvalue weighted by Crippen LogP contribution is -2.35. The number of pyridine rings is 1. The highest BCUT2D eigenvalue weighted by atomic mass is 32.2. The number of para-hydroxylation sites is 1. The SMILES string of the molecule is COCCn1c(SC(C)C(=O)N2CCc3ccccc32)nnc1-c1ccncc1. The van der Waals surface area contributed by atoms with Crippen molar-refractivity contribution in [1.82, 2.24) is 19.7 Å². The first-order valence-electron chi connectivity index (χ1n) is 9.57. The van der Waals surface area contributed by atoms with Crippen molar-refractivity contribution in [2.45, 2.75) is 30.3 Å². The maximum Gasteiger partial charge on any atom is 0.240 e. The van der Waals surface area contributed by atoms with Gasteiger partial charge in [0.1, 0.15) is 0 Å². The quantitative estimate of drug-likeness (QED) is 0.559. The number of aromatic nitrogens is 4. The Bertz CT molecular complexity index is 992. The van der Waals surface area contributed by atoms with E-state index in [1.807, 2.05) is 46.7 Å². The second-order valence-corrected chi connectivity index (χ2v) is 8.12. The van der Waals surface area contributed by atoms with Crippen LogP contribution >= 0.6 is 11.8 Å². The molecule has 0 fully saturated rings. The Morgan fingerprint density at radius 3 is 2.79 bits per heavy atom. The summed E-state index contributed by atoms with van der Waals surface area (Å²) < 4.78 is 7.27. The predicted octanol–water partition coefficient (Wildman–Crippen LogP) is 3.06. The Morgan fingerprint density at radius 1 is 1.21 bits per heavy atom. The van der Waals surface area contributed by atoms with Crippen LogP contribution in [0.1, 0.15) is 12.5 Å². The molecule has 2 aromatic heterocycles. The molecule has 0 radical (unpaired) electrons. The third kappa shape index (κ3) is 4.04. The highest BCUT2D eigenvalue weighted by Gasteiger charge is 2.29. The largest absolute Gasteiger partial charge is 0.383 e. The van der Waals surface area contributed by atoms with Gasteiger partial charge in [0.2, 0.25) is 5.91 Å². The van der Waals surface area contributed by atoms with Gasteiger partial charge in [0.25, 0.3) is 0 Å². The first-order chi connectivity index (χ1) is 14.2. The highest BCUT2D eigenvalue weighted by molar-refractivity contribution is 8.00. The second-order valence-electron chi connectivity index (χ2n) is 6.82. The normalized spacial score (nSPS) is 14.1. The Morgan fingerprint density at radius 2 is 2.00 bits per heavy atom. The zero-order valence-corrected chi connectivity index (χ0v) is 17.3. The molecule has 3 heterocycles. The van der Waals surface area contributed by atoms with Crippen LogP contribution in [0.4, 0.5) is 5.69 Å². The summed E-state index contributed by atoms with van der Waals surface area (Å²) in [6.07, 6.45) is 4.36. The fraction of sp³-hybridized carbons (Fsp3) is 0.333. The summed E-state index contributed by atoms with van der Waals surface area (Å²) in [5, 5.41) is 9.17.